The van der Waals surface area contributed by atoms with Crippen LogP contribution in [0.25, 0.3) is 0 Å². The van der Waals surface area contributed by atoms with Crippen LogP contribution < -0.4 is 0 Å². The molecule has 0 heterocycles. The second-order valence-corrected chi connectivity index (χ2v) is 3.87. The minimum Gasteiger partial charge on any atom is -0.385 e. The molecule has 1 nitrogen and oxygen atoms in total. The van der Waals surface area contributed by atoms with E-state index < -0.39 is 0 Å². The fourth-order valence-electron chi connectivity index (χ4n) is 0.614. The van der Waals surface area contributed by atoms with Gasteiger partial charge in [-0.05, 0) is 46.4 Å². The van der Waals surface area contributed by atoms with Gasteiger partial charge in [-0.1, -0.05) is 15.9 Å². The number of aliphatic hydroxyl groups is 1. The van der Waals surface area contributed by atoms with Gasteiger partial charge < -0.3 is 5.11 Å². The molecule has 0 spiro atoms. The van der Waals surface area contributed by atoms with E-state index in [0.717, 1.165) is 20.2 Å². The van der Waals surface area contributed by atoms with E-state index in [0.29, 0.717) is 0 Å². The van der Waals surface area contributed by atoms with Gasteiger partial charge in [-0.2, -0.15) is 0 Å². The number of aliphatic hydroxyl groups excluding tert-OH is 1. The zero-order valence-corrected chi connectivity index (χ0v) is 8.76. The van der Waals surface area contributed by atoms with Crippen molar-refractivity contribution in [2.75, 3.05) is 0 Å². The molecule has 1 aromatic rings. The van der Waals surface area contributed by atoms with E-state index in [4.69, 9.17) is 5.11 Å². The Kier molecular flexibility index (Phi) is 3.13. The van der Waals surface area contributed by atoms with Crippen molar-refractivity contribution < 1.29 is 5.11 Å². The Morgan fingerprint density at radius 1 is 1.50 bits per heavy atom. The number of benzene rings is 1. The first-order valence-electron chi connectivity index (χ1n) is 2.66. The topological polar surface area (TPSA) is 20.2 Å². The number of rotatable bonds is 1. The predicted octanol–water partition coefficient (Wildman–Crippen LogP) is 2.94. The lowest BCUT2D eigenvalue weighted by Crippen LogP contribution is -1.84. The summed E-state index contributed by atoms with van der Waals surface area (Å²) < 4.78 is 2.02. The van der Waals surface area contributed by atoms with Crippen LogP contribution in [-0.2, 0) is 0 Å². The van der Waals surface area contributed by atoms with Gasteiger partial charge in [0.05, 0.1) is 0 Å². The summed E-state index contributed by atoms with van der Waals surface area (Å²) in [6, 6.07) is 5.74. The fraction of sp³-hybridized carbons (Fsp3) is 0. The third kappa shape index (κ3) is 1.93. The summed E-state index contributed by atoms with van der Waals surface area (Å²) in [5.74, 6) is 0. The molecule has 1 N–H and O–H groups in total. The van der Waals surface area contributed by atoms with Crippen LogP contribution in [0.5, 0.6) is 0 Å². The SMILES string of the molecule is O[CH]c1cc(Br)ccc1I. The molecule has 1 aromatic carbocycles. The van der Waals surface area contributed by atoms with Crippen LogP contribution in [0.15, 0.2) is 22.7 Å². The average Bonchev–Trinajstić information content (AvgIpc) is 1.94. The lowest BCUT2D eigenvalue weighted by molar-refractivity contribution is 0.414. The first-order valence-corrected chi connectivity index (χ1v) is 4.53. The van der Waals surface area contributed by atoms with Gasteiger partial charge in [-0.25, -0.2) is 0 Å². The summed E-state index contributed by atoms with van der Waals surface area (Å²) in [5, 5.41) is 8.69. The smallest absolute Gasteiger partial charge is 0.110 e. The largest absolute Gasteiger partial charge is 0.385 e. The predicted molar refractivity (Wildman–Crippen MR) is 52.2 cm³/mol. The molecule has 0 saturated heterocycles. The van der Waals surface area contributed by atoms with Gasteiger partial charge in [0.15, 0.2) is 0 Å². The third-order valence-electron chi connectivity index (χ3n) is 1.10. The fourth-order valence-corrected chi connectivity index (χ4v) is 1.47. The quantitative estimate of drug-likeness (QED) is 0.791. The molecule has 3 heteroatoms. The maximum atomic E-state index is 8.69. The van der Waals surface area contributed by atoms with Gasteiger partial charge in [0.1, 0.15) is 6.61 Å². The Bertz CT molecular complexity index is 237. The second-order valence-electron chi connectivity index (χ2n) is 1.79. The molecule has 10 heavy (non-hydrogen) atoms. The molecule has 0 bridgehead atoms. The van der Waals surface area contributed by atoms with E-state index in [-0.39, 0.29) is 0 Å². The first kappa shape index (κ1) is 8.49. The summed E-state index contributed by atoms with van der Waals surface area (Å²) in [7, 11) is 0. The zero-order chi connectivity index (χ0) is 7.56. The van der Waals surface area contributed by atoms with Crippen molar-refractivity contribution in [3.8, 4) is 0 Å². The van der Waals surface area contributed by atoms with Gasteiger partial charge in [-0.3, -0.25) is 0 Å². The van der Waals surface area contributed by atoms with Crippen molar-refractivity contribution >= 4 is 38.5 Å². The Labute approximate surface area is 81.7 Å². The summed E-state index contributed by atoms with van der Waals surface area (Å²) >= 11 is 5.47. The van der Waals surface area contributed by atoms with Gasteiger partial charge >= 0.3 is 0 Å². The highest BCUT2D eigenvalue weighted by Gasteiger charge is 1.97. The van der Waals surface area contributed by atoms with Gasteiger partial charge in [-0.15, -0.1) is 0 Å². The van der Waals surface area contributed by atoms with Crippen LogP contribution in [0, 0.1) is 10.2 Å². The molecule has 1 rings (SSSR count). The maximum absolute atomic E-state index is 8.69. The van der Waals surface area contributed by atoms with E-state index in [1.54, 1.807) is 0 Å². The Balaban J connectivity index is 3.09. The van der Waals surface area contributed by atoms with Crippen molar-refractivity contribution in [2.45, 2.75) is 0 Å². The third-order valence-corrected chi connectivity index (χ3v) is 2.57. The molecule has 0 aliphatic carbocycles. The summed E-state index contributed by atoms with van der Waals surface area (Å²) in [5.41, 5.74) is 0.843. The highest BCUT2D eigenvalue weighted by molar-refractivity contribution is 14.1. The number of hydrogen-bond acceptors (Lipinski definition) is 1. The van der Waals surface area contributed by atoms with E-state index in [1.165, 1.54) is 0 Å². The van der Waals surface area contributed by atoms with E-state index in [9.17, 15) is 0 Å². The van der Waals surface area contributed by atoms with Gasteiger partial charge in [0.2, 0.25) is 0 Å². The van der Waals surface area contributed by atoms with Crippen LogP contribution >= 0.6 is 38.5 Å². The second kappa shape index (κ2) is 3.69. The first-order chi connectivity index (χ1) is 4.74. The molecule has 0 saturated carbocycles. The van der Waals surface area contributed by atoms with Crippen LogP contribution in [0.1, 0.15) is 5.56 Å². The average molecular weight is 312 g/mol. The van der Waals surface area contributed by atoms with E-state index in [1.807, 2.05) is 18.2 Å². The monoisotopic (exact) mass is 311 g/mol. The maximum Gasteiger partial charge on any atom is 0.110 e. The van der Waals surface area contributed by atoms with Crippen molar-refractivity contribution in [1.29, 1.82) is 0 Å². The molecule has 0 aromatic heterocycles. The molecule has 1 radical (unpaired) electrons. The normalized spacial score (nSPS) is 9.90. The molecule has 0 fully saturated rings. The lowest BCUT2D eigenvalue weighted by Gasteiger charge is -1.98. The lowest BCUT2D eigenvalue weighted by atomic mass is 10.2. The van der Waals surface area contributed by atoms with Crippen molar-refractivity contribution in [3.63, 3.8) is 0 Å². The minimum atomic E-state index is 0.843. The molecular weight excluding hydrogens is 307 g/mol. The molecule has 53 valence electrons. The van der Waals surface area contributed by atoms with Crippen molar-refractivity contribution in [3.05, 3.63) is 38.4 Å². The van der Waals surface area contributed by atoms with Crippen molar-refractivity contribution in [1.82, 2.24) is 0 Å². The molecule has 0 aliphatic heterocycles. The highest BCUT2D eigenvalue weighted by atomic mass is 127. The molecule has 0 unspecified atom stereocenters. The summed E-state index contributed by atoms with van der Waals surface area (Å²) in [6.07, 6.45) is 0. The Morgan fingerprint density at radius 3 is 2.70 bits per heavy atom. The Morgan fingerprint density at radius 2 is 2.20 bits per heavy atom. The summed E-state index contributed by atoms with van der Waals surface area (Å²) in [6.45, 7) is 1.10. The Hall–Kier alpha value is 0.390. The van der Waals surface area contributed by atoms with Gasteiger partial charge in [0, 0.05) is 8.04 Å². The highest BCUT2D eigenvalue weighted by Crippen LogP contribution is 2.18. The number of halogens is 2. The summed E-state index contributed by atoms with van der Waals surface area (Å²) in [4.78, 5) is 0. The minimum absolute atomic E-state index is 0.843. The van der Waals surface area contributed by atoms with Gasteiger partial charge in [0.25, 0.3) is 0 Å². The molecule has 0 atom stereocenters. The van der Waals surface area contributed by atoms with Crippen LogP contribution in [0.4, 0.5) is 0 Å². The molecular formula is C7H5BrIO. The van der Waals surface area contributed by atoms with Crippen LogP contribution in [0.2, 0.25) is 0 Å². The molecule has 0 amide bonds. The number of hydrogen-bond donors (Lipinski definition) is 1. The zero-order valence-electron chi connectivity index (χ0n) is 5.01. The molecule has 0 aliphatic rings. The van der Waals surface area contributed by atoms with E-state index >= 15 is 0 Å². The van der Waals surface area contributed by atoms with Crippen LogP contribution in [0.3, 0.4) is 0 Å². The standard InChI is InChI=1S/C7H5BrIO/c8-6-1-2-7(9)5(3-6)4-10/h1-4,10H. The van der Waals surface area contributed by atoms with E-state index in [2.05, 4.69) is 38.5 Å². The van der Waals surface area contributed by atoms with Crippen LogP contribution in [-0.4, -0.2) is 5.11 Å². The van der Waals surface area contributed by atoms with Crippen molar-refractivity contribution in [2.24, 2.45) is 0 Å².